The molecule has 0 aromatic heterocycles. The molecular weight excluding hydrogens is 268 g/mol. The molecule has 0 radical (unpaired) electrons. The van der Waals surface area contributed by atoms with Crippen LogP contribution in [0.15, 0.2) is 24.3 Å². The fourth-order valence-electron chi connectivity index (χ4n) is 4.72. The Labute approximate surface area is 136 Å². The average molecular weight is 300 g/mol. The Morgan fingerprint density at radius 1 is 1.23 bits per heavy atom. The lowest BCUT2D eigenvalue weighted by molar-refractivity contribution is 0.0504. The second-order valence-corrected chi connectivity index (χ2v) is 7.50. The number of benzene rings is 1. The maximum Gasteiger partial charge on any atom is 0.0316 e. The van der Waals surface area contributed by atoms with Crippen molar-refractivity contribution in [3.8, 4) is 0 Å². The minimum atomic E-state index is 0.415. The molecular formula is C20H32N2. The highest BCUT2D eigenvalue weighted by molar-refractivity contribution is 5.44. The van der Waals surface area contributed by atoms with Crippen LogP contribution in [0.2, 0.25) is 0 Å². The predicted molar refractivity (Wildman–Crippen MR) is 95.1 cm³/mol. The Balaban J connectivity index is 1.65. The SMILES string of the molecule is CCCCCCN1CCC2(c3cccc(N)c3)CCCC1C2. The number of piperidine rings is 1. The van der Waals surface area contributed by atoms with Gasteiger partial charge in [-0.3, -0.25) is 0 Å². The molecule has 1 heterocycles. The lowest BCUT2D eigenvalue weighted by Gasteiger charge is -2.51. The van der Waals surface area contributed by atoms with Crippen LogP contribution in [-0.2, 0) is 5.41 Å². The van der Waals surface area contributed by atoms with Crippen LogP contribution >= 0.6 is 0 Å². The fraction of sp³-hybridized carbons (Fsp3) is 0.700. The number of fused-ring (bicyclic) bond motifs is 2. The van der Waals surface area contributed by atoms with Crippen molar-refractivity contribution >= 4 is 5.69 Å². The van der Waals surface area contributed by atoms with Crippen molar-refractivity contribution in [3.05, 3.63) is 29.8 Å². The smallest absolute Gasteiger partial charge is 0.0316 e. The van der Waals surface area contributed by atoms with Crippen molar-refractivity contribution in [2.24, 2.45) is 0 Å². The largest absolute Gasteiger partial charge is 0.399 e. The molecule has 2 bridgehead atoms. The van der Waals surface area contributed by atoms with Gasteiger partial charge >= 0.3 is 0 Å². The normalized spacial score (nSPS) is 28.7. The van der Waals surface area contributed by atoms with Crippen LogP contribution in [0.25, 0.3) is 0 Å². The molecule has 0 spiro atoms. The van der Waals surface area contributed by atoms with Gasteiger partial charge in [-0.2, -0.15) is 0 Å². The first-order chi connectivity index (χ1) is 10.7. The van der Waals surface area contributed by atoms with Gasteiger partial charge in [0.15, 0.2) is 0 Å². The van der Waals surface area contributed by atoms with E-state index in [0.717, 1.165) is 11.7 Å². The highest BCUT2D eigenvalue weighted by Crippen LogP contribution is 2.47. The lowest BCUT2D eigenvalue weighted by atomic mass is 9.63. The van der Waals surface area contributed by atoms with E-state index in [-0.39, 0.29) is 0 Å². The zero-order chi connectivity index (χ0) is 15.4. The van der Waals surface area contributed by atoms with Crippen molar-refractivity contribution in [3.63, 3.8) is 0 Å². The molecule has 2 N–H and O–H groups in total. The first-order valence-electron chi connectivity index (χ1n) is 9.33. The number of nitrogens with two attached hydrogens (primary N) is 1. The highest BCUT2D eigenvalue weighted by Gasteiger charge is 2.43. The molecule has 2 unspecified atom stereocenters. The molecule has 22 heavy (non-hydrogen) atoms. The second kappa shape index (κ2) is 7.04. The van der Waals surface area contributed by atoms with E-state index in [0.29, 0.717) is 5.41 Å². The van der Waals surface area contributed by atoms with Crippen LogP contribution in [0.1, 0.15) is 70.3 Å². The third kappa shape index (κ3) is 3.32. The number of nitrogens with zero attached hydrogens (tertiary/aromatic N) is 1. The Hall–Kier alpha value is -1.02. The van der Waals surface area contributed by atoms with Crippen molar-refractivity contribution in [1.29, 1.82) is 0 Å². The number of rotatable bonds is 6. The van der Waals surface area contributed by atoms with Gasteiger partial charge in [0.05, 0.1) is 0 Å². The van der Waals surface area contributed by atoms with Crippen molar-refractivity contribution in [2.45, 2.75) is 76.2 Å². The molecule has 1 saturated carbocycles. The third-order valence-corrected chi connectivity index (χ3v) is 6.01. The lowest BCUT2D eigenvalue weighted by Crippen LogP contribution is -2.51. The van der Waals surface area contributed by atoms with E-state index in [4.69, 9.17) is 5.73 Å². The van der Waals surface area contributed by atoms with Crippen molar-refractivity contribution in [2.75, 3.05) is 18.8 Å². The Morgan fingerprint density at radius 2 is 2.14 bits per heavy atom. The topological polar surface area (TPSA) is 29.3 Å². The molecule has 3 rings (SSSR count). The van der Waals surface area contributed by atoms with Gasteiger partial charge in [0.2, 0.25) is 0 Å². The van der Waals surface area contributed by atoms with Gasteiger partial charge in [0.1, 0.15) is 0 Å². The molecule has 2 heteroatoms. The van der Waals surface area contributed by atoms with Crippen LogP contribution in [-0.4, -0.2) is 24.0 Å². The molecule has 1 aliphatic carbocycles. The maximum atomic E-state index is 6.04. The molecule has 0 amide bonds. The molecule has 1 aliphatic heterocycles. The average Bonchev–Trinajstić information content (AvgIpc) is 2.54. The summed E-state index contributed by atoms with van der Waals surface area (Å²) in [6.45, 7) is 4.89. The summed E-state index contributed by atoms with van der Waals surface area (Å²) in [5.74, 6) is 0. The van der Waals surface area contributed by atoms with Crippen LogP contribution in [0.3, 0.4) is 0 Å². The molecule has 1 aromatic carbocycles. The van der Waals surface area contributed by atoms with Gasteiger partial charge in [0.25, 0.3) is 0 Å². The Kier molecular flexibility index (Phi) is 5.07. The number of anilines is 1. The van der Waals surface area contributed by atoms with Crippen molar-refractivity contribution in [1.82, 2.24) is 4.90 Å². The maximum absolute atomic E-state index is 6.04. The van der Waals surface area contributed by atoms with Gasteiger partial charge in [-0.1, -0.05) is 44.7 Å². The number of hydrogen-bond donors (Lipinski definition) is 1. The van der Waals surface area contributed by atoms with E-state index in [1.807, 2.05) is 6.07 Å². The van der Waals surface area contributed by atoms with E-state index < -0.39 is 0 Å². The summed E-state index contributed by atoms with van der Waals surface area (Å²) in [5.41, 5.74) is 8.89. The number of likely N-dealkylation sites (tertiary alicyclic amines) is 1. The van der Waals surface area contributed by atoms with Gasteiger partial charge in [-0.15, -0.1) is 0 Å². The molecule has 1 saturated heterocycles. The Morgan fingerprint density at radius 3 is 2.95 bits per heavy atom. The van der Waals surface area contributed by atoms with Crippen LogP contribution in [0.5, 0.6) is 0 Å². The monoisotopic (exact) mass is 300 g/mol. The van der Waals surface area contributed by atoms with Gasteiger partial charge in [-0.25, -0.2) is 0 Å². The van der Waals surface area contributed by atoms with Crippen LogP contribution in [0.4, 0.5) is 5.69 Å². The van der Waals surface area contributed by atoms with E-state index in [1.54, 1.807) is 0 Å². The summed E-state index contributed by atoms with van der Waals surface area (Å²) in [7, 11) is 0. The number of nitrogen functional groups attached to an aromatic ring is 1. The predicted octanol–water partition coefficient (Wildman–Crippen LogP) is 4.74. The summed E-state index contributed by atoms with van der Waals surface area (Å²) in [6, 6.07) is 9.52. The molecule has 122 valence electrons. The quantitative estimate of drug-likeness (QED) is 0.607. The zero-order valence-corrected chi connectivity index (χ0v) is 14.2. The minimum Gasteiger partial charge on any atom is -0.399 e. The van der Waals surface area contributed by atoms with Crippen LogP contribution < -0.4 is 5.73 Å². The van der Waals surface area contributed by atoms with E-state index >= 15 is 0 Å². The summed E-state index contributed by atoms with van der Waals surface area (Å²) in [6.07, 6.45) is 12.3. The van der Waals surface area contributed by atoms with Gasteiger partial charge < -0.3 is 10.6 Å². The summed E-state index contributed by atoms with van der Waals surface area (Å²) < 4.78 is 0. The van der Waals surface area contributed by atoms with Crippen molar-refractivity contribution < 1.29 is 0 Å². The van der Waals surface area contributed by atoms with Gasteiger partial charge in [-0.05, 0) is 68.3 Å². The number of unbranched alkanes of at least 4 members (excludes halogenated alkanes) is 3. The standard InChI is InChI=1S/C20H32N2/c1-2-3-4-5-13-22-14-12-20(11-7-10-19(22)16-20)17-8-6-9-18(21)15-17/h6,8-9,15,19H,2-5,7,10-14,16,21H2,1H3. The summed E-state index contributed by atoms with van der Waals surface area (Å²) >= 11 is 0. The van der Waals surface area contributed by atoms with E-state index in [9.17, 15) is 0 Å². The minimum absolute atomic E-state index is 0.415. The summed E-state index contributed by atoms with van der Waals surface area (Å²) in [4.78, 5) is 2.79. The number of hydrogen-bond acceptors (Lipinski definition) is 2. The molecule has 2 fully saturated rings. The fourth-order valence-corrected chi connectivity index (χ4v) is 4.72. The first kappa shape index (κ1) is 15.9. The van der Waals surface area contributed by atoms with E-state index in [1.165, 1.54) is 76.4 Å². The Bertz CT molecular complexity index is 484. The first-order valence-corrected chi connectivity index (χ1v) is 9.33. The zero-order valence-electron chi connectivity index (χ0n) is 14.2. The van der Waals surface area contributed by atoms with Crippen LogP contribution in [0, 0.1) is 0 Å². The molecule has 2 atom stereocenters. The third-order valence-electron chi connectivity index (χ3n) is 6.01. The summed E-state index contributed by atoms with van der Waals surface area (Å²) in [5, 5.41) is 0. The second-order valence-electron chi connectivity index (χ2n) is 7.50. The highest BCUT2D eigenvalue weighted by atomic mass is 15.2. The molecule has 2 aliphatic rings. The van der Waals surface area contributed by atoms with E-state index in [2.05, 4.69) is 30.0 Å². The molecule has 1 aromatic rings. The van der Waals surface area contributed by atoms with Gasteiger partial charge in [0, 0.05) is 11.7 Å². The molecule has 2 nitrogen and oxygen atoms in total.